The molecule has 0 aliphatic rings. The van der Waals surface area contributed by atoms with E-state index in [4.69, 9.17) is 27.4 Å². The van der Waals surface area contributed by atoms with Crippen molar-refractivity contribution in [3.8, 4) is 22.5 Å². The highest BCUT2D eigenvalue weighted by Gasteiger charge is 2.21. The van der Waals surface area contributed by atoms with Crippen LogP contribution < -0.4 is 4.90 Å². The van der Waals surface area contributed by atoms with E-state index in [9.17, 15) is 13.7 Å². The van der Waals surface area contributed by atoms with Gasteiger partial charge in [0.2, 0.25) is 0 Å². The average Bonchev–Trinajstić information content (AvgIpc) is 3.62. The molecule has 3 aromatic heterocycles. The first-order valence-electron chi connectivity index (χ1n) is 29.8. The highest BCUT2D eigenvalue weighted by atomic mass is 15.1. The second-order valence-electron chi connectivity index (χ2n) is 10.6. The molecule has 0 unspecified atom stereocenters. The Morgan fingerprint density at radius 3 is 1.84 bits per heavy atom. The molecule has 0 aliphatic heterocycles. The Bertz CT molecular complexity index is 4510. The van der Waals surface area contributed by atoms with Gasteiger partial charge in [0.25, 0.3) is 0 Å². The lowest BCUT2D eigenvalue weighted by molar-refractivity contribution is 1.28. The Morgan fingerprint density at radius 2 is 1.08 bits per heavy atom. The van der Waals surface area contributed by atoms with Gasteiger partial charge in [-0.25, -0.2) is 9.97 Å². The first-order valence-corrected chi connectivity index (χ1v) is 14.8. The van der Waals surface area contributed by atoms with Gasteiger partial charge in [0.05, 0.1) is 74.7 Å². The quantitative estimate of drug-likeness (QED) is 0.170. The van der Waals surface area contributed by atoms with Crippen LogP contribution in [0.3, 0.4) is 0 Å². The normalized spacial score (nSPS) is 19.8. The van der Waals surface area contributed by atoms with Crippen LogP contribution in [0.25, 0.3) is 76.8 Å². The van der Waals surface area contributed by atoms with Crippen LogP contribution in [-0.4, -0.2) is 15.0 Å². The number of nitrogens with zero attached hydrogens (tertiary/aromatic N) is 4. The molecule has 0 amide bonds. The molecule has 4 heteroatoms. The Hall–Kier alpha value is -6.91. The minimum absolute atomic E-state index is 0.414. The van der Waals surface area contributed by atoms with Gasteiger partial charge in [-0.05, 0) is 53.1 Å². The van der Waals surface area contributed by atoms with E-state index in [0.717, 1.165) is 0 Å². The van der Waals surface area contributed by atoms with Gasteiger partial charge >= 0.3 is 0 Å². The maximum absolute atomic E-state index is 9.81. The van der Waals surface area contributed by atoms with Gasteiger partial charge in [0.15, 0.2) is 0 Å². The van der Waals surface area contributed by atoms with Crippen molar-refractivity contribution in [1.82, 2.24) is 15.0 Å². The predicted octanol–water partition coefficient (Wildman–Crippen LogP) is 12.4. The first-order chi connectivity index (χ1) is 37.8. The molecule has 0 fully saturated rings. The maximum atomic E-state index is 9.81. The molecule has 51 heavy (non-hydrogen) atoms. The SMILES string of the molecule is [2H]c1nc2c(c([2H])c1[2H])c([2H])c([2H])c1c([2H])c([2H])c(-c3c([2H])c([2H])c([2H])c4c3c([2H])c([2H])c3c(-c5c([2H])c([2H])c([2H])c([2H])c5[2H])nc5c(N(c6c([2H])c([2H])c([2H])c([2H])c6[2H])c6c([2H])c([2H])c([2H])c([2H])c6[2H])c([2H])c([2H])c([2H])c5c34)nc12. The maximum Gasteiger partial charge on any atom is 0.0972 e. The fraction of sp³-hybridized carbons (Fsp3) is 0. The standard InChI is InChI=1S/C47H30N4/c1-4-13-31(14-5-1)44-40-28-27-36-37(41-29-26-33-25-24-32-15-12-30-48-45(32)46(33)49-41)20-10-21-38(36)43(40)39-22-11-23-42(47(39)50-44)51(34-16-6-2-7-17-34)35-18-8-3-9-19-35/h1-30H/i1D,2D,3D,4D,5D,6D,7D,8D,9D,10D,11D,12D,13D,14D,15D,16D,17D,18D,19D,20D,21D,22D,23D,24D,25D,26D,27D,28D,29D,30D. The summed E-state index contributed by atoms with van der Waals surface area (Å²) in [5.74, 6) is 0. The Morgan fingerprint density at radius 1 is 0.431 bits per heavy atom. The molecule has 10 aromatic rings. The minimum Gasteiger partial charge on any atom is -0.308 e. The molecular weight excluding hydrogens is 621 g/mol. The van der Waals surface area contributed by atoms with E-state index in [-0.39, 0.29) is 0 Å². The van der Waals surface area contributed by atoms with E-state index < -0.39 is 275 Å². The second kappa shape index (κ2) is 11.9. The molecule has 0 saturated heterocycles. The summed E-state index contributed by atoms with van der Waals surface area (Å²) in [5, 5.41) is -4.95. The van der Waals surface area contributed by atoms with Crippen LogP contribution in [0.1, 0.15) is 41.1 Å². The van der Waals surface area contributed by atoms with Crippen LogP contribution >= 0.6 is 0 Å². The lowest BCUT2D eigenvalue weighted by Crippen LogP contribution is -2.11. The van der Waals surface area contributed by atoms with Crippen LogP contribution in [0, 0.1) is 0 Å². The predicted molar refractivity (Wildman–Crippen MR) is 213 cm³/mol. The molecule has 0 bridgehead atoms. The second-order valence-corrected chi connectivity index (χ2v) is 10.6. The smallest absolute Gasteiger partial charge is 0.0972 e. The van der Waals surface area contributed by atoms with E-state index in [1.165, 1.54) is 0 Å². The third-order valence-electron chi connectivity index (χ3n) is 7.80. The minimum atomic E-state index is -1.20. The van der Waals surface area contributed by atoms with Crippen LogP contribution in [-0.2, 0) is 0 Å². The molecule has 3 heterocycles. The van der Waals surface area contributed by atoms with Gasteiger partial charge in [-0.2, -0.15) is 0 Å². The molecular formula is C47H30N4. The van der Waals surface area contributed by atoms with Crippen molar-refractivity contribution in [2.45, 2.75) is 0 Å². The van der Waals surface area contributed by atoms with Gasteiger partial charge in [-0.15, -0.1) is 0 Å². The number of anilines is 3. The van der Waals surface area contributed by atoms with Crippen molar-refractivity contribution in [3.63, 3.8) is 0 Å². The molecule has 4 nitrogen and oxygen atoms in total. The Balaban J connectivity index is 1.55. The highest BCUT2D eigenvalue weighted by molar-refractivity contribution is 6.25. The molecule has 0 aliphatic carbocycles. The number of pyridine rings is 3. The summed E-state index contributed by atoms with van der Waals surface area (Å²) < 4.78 is 270. The monoisotopic (exact) mass is 680 g/mol. The summed E-state index contributed by atoms with van der Waals surface area (Å²) >= 11 is 0. The lowest BCUT2D eigenvalue weighted by atomic mass is 9.92. The lowest BCUT2D eigenvalue weighted by Gasteiger charge is -2.27. The van der Waals surface area contributed by atoms with Gasteiger partial charge < -0.3 is 4.90 Å². The number of rotatable bonds is 5. The summed E-state index contributed by atoms with van der Waals surface area (Å²) in [7, 11) is 0. The molecule has 7 aromatic carbocycles. The van der Waals surface area contributed by atoms with Crippen LogP contribution in [0.5, 0.6) is 0 Å². The molecule has 0 saturated carbocycles. The van der Waals surface area contributed by atoms with E-state index >= 15 is 0 Å². The van der Waals surface area contributed by atoms with Gasteiger partial charge in [0.1, 0.15) is 0 Å². The summed E-state index contributed by atoms with van der Waals surface area (Å²) in [6.45, 7) is 0. The van der Waals surface area contributed by atoms with Crippen LogP contribution in [0.2, 0.25) is 0 Å². The van der Waals surface area contributed by atoms with Crippen molar-refractivity contribution in [2.75, 3.05) is 4.90 Å². The van der Waals surface area contributed by atoms with E-state index in [2.05, 4.69) is 15.0 Å². The third-order valence-corrected chi connectivity index (χ3v) is 7.80. The van der Waals surface area contributed by atoms with Crippen molar-refractivity contribution in [1.29, 1.82) is 0 Å². The molecule has 10 rings (SSSR count). The number of hydrogen-bond donors (Lipinski definition) is 0. The topological polar surface area (TPSA) is 41.9 Å². The Labute approximate surface area is 337 Å². The van der Waals surface area contributed by atoms with Crippen LogP contribution in [0.15, 0.2) is 181 Å². The van der Waals surface area contributed by atoms with E-state index in [1.807, 2.05) is 0 Å². The number of fused-ring (bicyclic) bond motifs is 8. The fourth-order valence-corrected chi connectivity index (χ4v) is 5.67. The number of hydrogen-bond acceptors (Lipinski definition) is 4. The highest BCUT2D eigenvalue weighted by Crippen LogP contribution is 2.44. The van der Waals surface area contributed by atoms with Gasteiger partial charge in [-0.1, -0.05) is 133 Å². The number of aromatic nitrogens is 3. The fourth-order valence-electron chi connectivity index (χ4n) is 5.67. The van der Waals surface area contributed by atoms with Crippen molar-refractivity contribution in [2.24, 2.45) is 0 Å². The average molecular weight is 681 g/mol. The molecule has 0 radical (unpaired) electrons. The largest absolute Gasteiger partial charge is 0.308 e. The zero-order valence-electron chi connectivity index (χ0n) is 55.3. The third kappa shape index (κ3) is 4.80. The molecule has 0 N–H and O–H groups in total. The number of benzene rings is 7. The first kappa shape index (κ1) is 11.9. The summed E-state index contributed by atoms with van der Waals surface area (Å²) in [5.41, 5.74) is -8.54. The summed E-state index contributed by atoms with van der Waals surface area (Å²) in [4.78, 5) is 13.6. The van der Waals surface area contributed by atoms with Crippen molar-refractivity contribution >= 4 is 71.3 Å². The van der Waals surface area contributed by atoms with E-state index in [1.54, 1.807) is 0 Å². The number of para-hydroxylation sites is 3. The zero-order chi connectivity index (χ0) is 59.8. The van der Waals surface area contributed by atoms with Gasteiger partial charge in [0, 0.05) is 55.6 Å². The summed E-state index contributed by atoms with van der Waals surface area (Å²) in [6, 6.07) is -29.5. The Kier molecular flexibility index (Phi) is 2.77. The molecule has 0 atom stereocenters. The molecule has 238 valence electrons. The van der Waals surface area contributed by atoms with E-state index in [0.29, 0.717) is 4.90 Å². The van der Waals surface area contributed by atoms with Gasteiger partial charge in [-0.3, -0.25) is 4.98 Å². The zero-order valence-corrected chi connectivity index (χ0v) is 25.3. The van der Waals surface area contributed by atoms with Crippen molar-refractivity contribution in [3.05, 3.63) is 181 Å². The van der Waals surface area contributed by atoms with Crippen LogP contribution in [0.4, 0.5) is 17.1 Å². The summed E-state index contributed by atoms with van der Waals surface area (Å²) in [6.07, 6.45) is -0.810. The molecule has 0 spiro atoms. The van der Waals surface area contributed by atoms with Crippen molar-refractivity contribution < 1.29 is 41.1 Å².